The van der Waals surface area contributed by atoms with E-state index in [0.29, 0.717) is 37.0 Å². The van der Waals surface area contributed by atoms with E-state index in [1.54, 1.807) is 17.9 Å². The average Bonchev–Trinajstić information content (AvgIpc) is 2.92. The number of aromatic nitrogens is 3. The number of rotatable bonds is 2. The van der Waals surface area contributed by atoms with Gasteiger partial charge in [-0.25, -0.2) is 9.97 Å². The highest BCUT2D eigenvalue weighted by Gasteiger charge is 2.37. The summed E-state index contributed by atoms with van der Waals surface area (Å²) in [5, 5.41) is 0.553. The van der Waals surface area contributed by atoms with E-state index in [1.165, 1.54) is 7.11 Å². The van der Waals surface area contributed by atoms with Crippen LogP contribution in [0.25, 0.3) is 11.0 Å². The molecule has 0 aliphatic carbocycles. The highest BCUT2D eigenvalue weighted by Crippen LogP contribution is 2.33. The third-order valence-corrected chi connectivity index (χ3v) is 4.18. The van der Waals surface area contributed by atoms with Crippen LogP contribution in [0, 0.1) is 12.8 Å². The van der Waals surface area contributed by atoms with Crippen molar-refractivity contribution in [2.75, 3.05) is 25.1 Å². The van der Waals surface area contributed by atoms with Gasteiger partial charge in [0, 0.05) is 18.8 Å². The minimum absolute atomic E-state index is 0.167. The Morgan fingerprint density at radius 2 is 2.00 bits per heavy atom. The molecule has 3 rings (SSSR count). The van der Waals surface area contributed by atoms with Gasteiger partial charge in [0.25, 0.3) is 0 Å². The van der Waals surface area contributed by atoms with Crippen molar-refractivity contribution in [1.82, 2.24) is 15.0 Å². The van der Waals surface area contributed by atoms with Gasteiger partial charge in [0.05, 0.1) is 18.4 Å². The lowest BCUT2D eigenvalue weighted by molar-refractivity contribution is -0.146. The molecule has 0 amide bonds. The SMILES string of the molecule is COC(=O)C1CCN(c2nc(C(F)(F)F)nc3[nH]c(C)cc23)CC1. The molecule has 1 aliphatic rings. The molecule has 0 bridgehead atoms. The number of piperidine rings is 1. The van der Waals surface area contributed by atoms with E-state index in [2.05, 4.69) is 15.0 Å². The summed E-state index contributed by atoms with van der Waals surface area (Å²) in [6, 6.07) is 1.73. The zero-order chi connectivity index (χ0) is 17.5. The second-order valence-corrected chi connectivity index (χ2v) is 5.87. The number of anilines is 1. The molecule has 3 heterocycles. The molecular formula is C15H17F3N4O2. The fourth-order valence-electron chi connectivity index (χ4n) is 2.99. The number of carbonyl (C=O) groups excluding carboxylic acids is 1. The number of nitrogens with zero attached hydrogens (tertiary/aromatic N) is 3. The maximum absolute atomic E-state index is 13.1. The summed E-state index contributed by atoms with van der Waals surface area (Å²) >= 11 is 0. The molecule has 0 unspecified atom stereocenters. The first-order valence-electron chi connectivity index (χ1n) is 7.57. The molecule has 1 fully saturated rings. The number of halogens is 3. The van der Waals surface area contributed by atoms with Gasteiger partial charge in [-0.05, 0) is 25.8 Å². The molecule has 1 saturated heterocycles. The van der Waals surface area contributed by atoms with Crippen molar-refractivity contribution in [1.29, 1.82) is 0 Å². The number of fused-ring (bicyclic) bond motifs is 1. The van der Waals surface area contributed by atoms with Crippen molar-refractivity contribution in [3.63, 3.8) is 0 Å². The van der Waals surface area contributed by atoms with Crippen LogP contribution in [0.15, 0.2) is 6.07 Å². The van der Waals surface area contributed by atoms with Crippen molar-refractivity contribution in [2.24, 2.45) is 5.92 Å². The topological polar surface area (TPSA) is 71.1 Å². The quantitative estimate of drug-likeness (QED) is 0.850. The van der Waals surface area contributed by atoms with Gasteiger partial charge >= 0.3 is 12.1 Å². The van der Waals surface area contributed by atoms with E-state index in [0.717, 1.165) is 0 Å². The molecule has 2 aromatic heterocycles. The van der Waals surface area contributed by atoms with Crippen LogP contribution in [0.4, 0.5) is 19.0 Å². The summed E-state index contributed by atoms with van der Waals surface area (Å²) < 4.78 is 43.9. The van der Waals surface area contributed by atoms with E-state index in [9.17, 15) is 18.0 Å². The van der Waals surface area contributed by atoms with Crippen molar-refractivity contribution in [3.8, 4) is 0 Å². The minimum Gasteiger partial charge on any atom is -0.469 e. The first kappa shape index (κ1) is 16.5. The molecule has 2 aromatic rings. The molecule has 0 saturated carbocycles. The van der Waals surface area contributed by atoms with Gasteiger partial charge in [-0.1, -0.05) is 0 Å². The van der Waals surface area contributed by atoms with E-state index >= 15 is 0 Å². The van der Waals surface area contributed by atoms with Crippen molar-refractivity contribution in [2.45, 2.75) is 25.9 Å². The van der Waals surface area contributed by atoms with Gasteiger partial charge in [-0.2, -0.15) is 13.2 Å². The van der Waals surface area contributed by atoms with Crippen LogP contribution in [0.2, 0.25) is 0 Å². The Morgan fingerprint density at radius 1 is 1.33 bits per heavy atom. The number of hydrogen-bond acceptors (Lipinski definition) is 5. The number of aromatic amines is 1. The lowest BCUT2D eigenvalue weighted by Crippen LogP contribution is -2.37. The smallest absolute Gasteiger partial charge is 0.451 e. The zero-order valence-corrected chi connectivity index (χ0v) is 13.3. The van der Waals surface area contributed by atoms with Gasteiger partial charge in [0.15, 0.2) is 0 Å². The number of H-pyrrole nitrogens is 1. The Balaban J connectivity index is 1.95. The van der Waals surface area contributed by atoms with Crippen LogP contribution in [-0.4, -0.2) is 41.1 Å². The van der Waals surface area contributed by atoms with E-state index in [1.807, 2.05) is 0 Å². The number of aryl methyl sites for hydroxylation is 1. The molecule has 0 atom stereocenters. The van der Waals surface area contributed by atoms with Gasteiger partial charge in [-0.3, -0.25) is 4.79 Å². The summed E-state index contributed by atoms with van der Waals surface area (Å²) in [5.41, 5.74) is 0.879. The number of carbonyl (C=O) groups is 1. The molecule has 1 aliphatic heterocycles. The van der Waals surface area contributed by atoms with Crippen molar-refractivity contribution in [3.05, 3.63) is 17.6 Å². The van der Waals surface area contributed by atoms with Gasteiger partial charge in [0.1, 0.15) is 11.5 Å². The van der Waals surface area contributed by atoms with Gasteiger partial charge in [-0.15, -0.1) is 0 Å². The Morgan fingerprint density at radius 3 is 2.58 bits per heavy atom. The fourth-order valence-corrected chi connectivity index (χ4v) is 2.99. The predicted octanol–water partition coefficient (Wildman–Crippen LogP) is 2.67. The number of methoxy groups -OCH3 is 1. The molecule has 24 heavy (non-hydrogen) atoms. The number of alkyl halides is 3. The molecule has 6 nitrogen and oxygen atoms in total. The number of ether oxygens (including phenoxy) is 1. The first-order chi connectivity index (χ1) is 11.3. The maximum atomic E-state index is 13.1. The summed E-state index contributed by atoms with van der Waals surface area (Å²) in [6.07, 6.45) is -3.59. The second-order valence-electron chi connectivity index (χ2n) is 5.87. The highest BCUT2D eigenvalue weighted by atomic mass is 19.4. The molecule has 0 aromatic carbocycles. The van der Waals surface area contributed by atoms with Crippen LogP contribution in [-0.2, 0) is 15.7 Å². The van der Waals surface area contributed by atoms with Crippen molar-refractivity contribution < 1.29 is 22.7 Å². The van der Waals surface area contributed by atoms with Crippen LogP contribution in [0.1, 0.15) is 24.4 Å². The Bertz CT molecular complexity index is 764. The lowest BCUT2D eigenvalue weighted by atomic mass is 9.97. The van der Waals surface area contributed by atoms with E-state index in [-0.39, 0.29) is 23.4 Å². The fraction of sp³-hybridized carbons (Fsp3) is 0.533. The monoisotopic (exact) mass is 342 g/mol. The number of hydrogen-bond donors (Lipinski definition) is 1. The third-order valence-electron chi connectivity index (χ3n) is 4.18. The molecule has 0 radical (unpaired) electrons. The largest absolute Gasteiger partial charge is 0.469 e. The highest BCUT2D eigenvalue weighted by molar-refractivity contribution is 5.88. The van der Waals surface area contributed by atoms with Gasteiger partial charge in [0.2, 0.25) is 5.82 Å². The third kappa shape index (κ3) is 3.02. The number of nitrogens with one attached hydrogen (secondary N) is 1. The summed E-state index contributed by atoms with van der Waals surface area (Å²) in [4.78, 5) is 23.5. The summed E-state index contributed by atoms with van der Waals surface area (Å²) in [7, 11) is 1.33. The lowest BCUT2D eigenvalue weighted by Gasteiger charge is -2.32. The normalized spacial score (nSPS) is 16.6. The van der Waals surface area contributed by atoms with Crippen LogP contribution < -0.4 is 4.90 Å². The first-order valence-corrected chi connectivity index (χ1v) is 7.57. The summed E-state index contributed by atoms with van der Waals surface area (Å²) in [6.45, 7) is 2.63. The van der Waals surface area contributed by atoms with Crippen molar-refractivity contribution >= 4 is 22.8 Å². The average molecular weight is 342 g/mol. The predicted molar refractivity (Wildman–Crippen MR) is 80.6 cm³/mol. The molecule has 1 N–H and O–H groups in total. The Labute approximate surface area is 136 Å². The number of esters is 1. The second kappa shape index (κ2) is 5.95. The Hall–Kier alpha value is -2.32. The van der Waals surface area contributed by atoms with Crippen LogP contribution in [0.5, 0.6) is 0 Å². The van der Waals surface area contributed by atoms with Gasteiger partial charge < -0.3 is 14.6 Å². The minimum atomic E-state index is -4.62. The standard InChI is InChI=1S/C15H17F3N4O2/c1-8-7-10-11(19-8)20-14(15(16,17)18)21-12(10)22-5-3-9(4-6-22)13(23)24-2/h7,9H,3-6H2,1-2H3,(H,19,20,21). The maximum Gasteiger partial charge on any atom is 0.451 e. The van der Waals surface area contributed by atoms with Crippen LogP contribution in [0.3, 0.4) is 0 Å². The van der Waals surface area contributed by atoms with E-state index in [4.69, 9.17) is 4.74 Å². The molecular weight excluding hydrogens is 325 g/mol. The van der Waals surface area contributed by atoms with Crippen LogP contribution >= 0.6 is 0 Å². The molecule has 130 valence electrons. The molecule has 9 heteroatoms. The molecule has 0 spiro atoms. The van der Waals surface area contributed by atoms with E-state index < -0.39 is 12.0 Å². The Kier molecular flexibility index (Phi) is 4.10. The summed E-state index contributed by atoms with van der Waals surface area (Å²) in [5.74, 6) is -1.42. The zero-order valence-electron chi connectivity index (χ0n) is 13.3.